The van der Waals surface area contributed by atoms with Crippen molar-refractivity contribution < 1.29 is 50.8 Å². The van der Waals surface area contributed by atoms with Gasteiger partial charge in [0.1, 0.15) is 11.5 Å². The summed E-state index contributed by atoms with van der Waals surface area (Å²) in [4.78, 5) is 48.4. The molecular weight excluding hydrogens is 657 g/mol. The molecule has 2 N–H and O–H groups in total. The van der Waals surface area contributed by atoms with Crippen molar-refractivity contribution in [1.29, 1.82) is 0 Å². The minimum atomic E-state index is -3.97. The van der Waals surface area contributed by atoms with E-state index in [9.17, 15) is 37.5 Å². The van der Waals surface area contributed by atoms with Crippen LogP contribution in [0.2, 0.25) is 0 Å². The van der Waals surface area contributed by atoms with E-state index in [2.05, 4.69) is 10.0 Å². The van der Waals surface area contributed by atoms with E-state index >= 15 is 0 Å². The third-order valence-electron chi connectivity index (χ3n) is 6.09. The average molecular weight is 692 g/mol. The summed E-state index contributed by atoms with van der Waals surface area (Å²) >= 11 is 0. The number of anilines is 1. The van der Waals surface area contributed by atoms with Crippen LogP contribution in [0.3, 0.4) is 0 Å². The van der Waals surface area contributed by atoms with Gasteiger partial charge in [0.15, 0.2) is 17.6 Å². The summed E-state index contributed by atoms with van der Waals surface area (Å²) in [5, 5.41) is 13.9. The van der Waals surface area contributed by atoms with E-state index < -0.39 is 46.3 Å². The number of nitrogens with zero attached hydrogens (tertiary/aromatic N) is 1. The molecule has 0 bridgehead atoms. The van der Waals surface area contributed by atoms with Gasteiger partial charge in [-0.1, -0.05) is 30.3 Å². The highest BCUT2D eigenvalue weighted by atomic mass is 32.2. The molecule has 2 atom stereocenters. The van der Waals surface area contributed by atoms with Crippen LogP contribution >= 0.6 is 7.60 Å². The second-order valence-corrected chi connectivity index (χ2v) is 13.7. The number of hydrogen-bond acceptors (Lipinski definition) is 12. The van der Waals surface area contributed by atoms with Gasteiger partial charge in [-0.25, -0.2) is 17.8 Å². The number of rotatable bonds is 18. The summed E-state index contributed by atoms with van der Waals surface area (Å²) < 4.78 is 61.1. The Morgan fingerprint density at radius 1 is 0.979 bits per heavy atom. The Bertz CT molecular complexity index is 1750. The number of carbonyl (C=O) groups excluding carboxylic acids is 3. The maximum absolute atomic E-state index is 13.5. The Morgan fingerprint density at radius 2 is 1.66 bits per heavy atom. The second-order valence-electron chi connectivity index (χ2n) is 9.92. The minimum Gasteiger partial charge on any atom is -0.464 e. The number of amides is 1. The third-order valence-corrected chi connectivity index (χ3v) is 8.58. The van der Waals surface area contributed by atoms with E-state index in [0.29, 0.717) is 0 Å². The zero-order valence-corrected chi connectivity index (χ0v) is 27.5. The number of nitrogens with one attached hydrogen (secondary N) is 2. The number of carbonyl (C=O) groups is 3. The van der Waals surface area contributed by atoms with Gasteiger partial charge in [0.25, 0.3) is 5.69 Å². The Labute approximate surface area is 271 Å². The minimum absolute atomic E-state index is 0.0261. The molecule has 0 aliphatic rings. The van der Waals surface area contributed by atoms with Crippen LogP contribution in [0.5, 0.6) is 17.2 Å². The first-order valence-electron chi connectivity index (χ1n) is 14.2. The first-order valence-corrected chi connectivity index (χ1v) is 17.8. The van der Waals surface area contributed by atoms with Crippen LogP contribution in [-0.2, 0) is 33.4 Å². The van der Waals surface area contributed by atoms with E-state index in [1.165, 1.54) is 19.1 Å². The molecule has 1 amide bonds. The Kier molecular flexibility index (Phi) is 13.0. The number of nitro groups is 1. The predicted molar refractivity (Wildman–Crippen MR) is 171 cm³/mol. The first kappa shape index (κ1) is 36.7. The van der Waals surface area contributed by atoms with E-state index in [-0.39, 0.29) is 66.3 Å². The van der Waals surface area contributed by atoms with Gasteiger partial charge in [0.05, 0.1) is 41.3 Å². The van der Waals surface area contributed by atoms with Crippen molar-refractivity contribution in [2.45, 2.75) is 32.8 Å². The molecule has 1 unspecified atom stereocenters. The topological polar surface area (TPSA) is 207 Å². The van der Waals surface area contributed by atoms with Gasteiger partial charge >= 0.3 is 13.6 Å². The molecule has 15 nitrogen and oxygen atoms in total. The molecule has 0 saturated heterocycles. The molecular formula is C30H34N3O12PS. The molecule has 3 aromatic carbocycles. The Morgan fingerprint density at radius 3 is 2.32 bits per heavy atom. The number of hydrogen-bond donors (Lipinski definition) is 2. The van der Waals surface area contributed by atoms with Crippen LogP contribution in [0.25, 0.3) is 0 Å². The SMILES string of the molecule is CCOC(=O)[C@@H](C)OP(=O)(CCNC(=O)CCC(=O)c1ccccc1Oc1cc([N+](=O)[O-])ccc1NS(C)(=O)=O)Oc1ccccc1. The fourth-order valence-corrected chi connectivity index (χ4v) is 6.19. The van der Waals surface area contributed by atoms with Crippen LogP contribution in [0.1, 0.15) is 37.0 Å². The third kappa shape index (κ3) is 11.8. The summed E-state index contributed by atoms with van der Waals surface area (Å²) in [5.41, 5.74) is -0.424. The lowest BCUT2D eigenvalue weighted by atomic mass is 10.1. The number of sulfonamides is 1. The van der Waals surface area contributed by atoms with Crippen molar-refractivity contribution >= 4 is 46.7 Å². The number of non-ortho nitro benzene ring substituents is 1. The Hall–Kier alpha value is -4.79. The number of nitro benzene ring substituents is 1. The van der Waals surface area contributed by atoms with Crippen LogP contribution in [0, 0.1) is 10.1 Å². The molecule has 0 aromatic heterocycles. The molecule has 0 spiro atoms. The standard InChI is InChI=1S/C30H34N3O12PS/c1-4-42-30(36)21(2)44-46(39,45-23-10-6-5-7-11-23)19-18-31-29(35)17-16-26(34)24-12-8-9-13-27(24)43-28-20-22(33(37)38)14-15-25(28)32-47(3,40)41/h5-15,20-21,32H,4,16-19H2,1-3H3,(H,31,35)/t21-,46?/m1/s1. The summed E-state index contributed by atoms with van der Waals surface area (Å²) in [7, 11) is -7.75. The van der Waals surface area contributed by atoms with Crippen molar-refractivity contribution in [2.24, 2.45) is 0 Å². The summed E-state index contributed by atoms with van der Waals surface area (Å²) in [6, 6.07) is 17.4. The lowest BCUT2D eigenvalue weighted by Gasteiger charge is -2.22. The number of benzene rings is 3. The zero-order chi connectivity index (χ0) is 34.6. The van der Waals surface area contributed by atoms with Gasteiger partial charge in [-0.2, -0.15) is 0 Å². The normalized spacial score (nSPS) is 13.0. The monoisotopic (exact) mass is 691 g/mol. The molecule has 17 heteroatoms. The maximum atomic E-state index is 13.5. The molecule has 0 saturated carbocycles. The van der Waals surface area contributed by atoms with Crippen molar-refractivity contribution in [1.82, 2.24) is 5.32 Å². The van der Waals surface area contributed by atoms with Crippen molar-refractivity contribution in [2.75, 3.05) is 30.3 Å². The fourth-order valence-electron chi connectivity index (χ4n) is 3.99. The smallest absolute Gasteiger partial charge is 0.381 e. The van der Waals surface area contributed by atoms with Gasteiger partial charge < -0.3 is 19.3 Å². The highest BCUT2D eigenvalue weighted by Crippen LogP contribution is 2.49. The zero-order valence-electron chi connectivity index (χ0n) is 25.7. The molecule has 0 aliphatic heterocycles. The fraction of sp³-hybridized carbons (Fsp3) is 0.300. The van der Waals surface area contributed by atoms with Crippen LogP contribution in [-0.4, -0.2) is 62.7 Å². The van der Waals surface area contributed by atoms with Gasteiger partial charge in [-0.3, -0.25) is 28.9 Å². The average Bonchev–Trinajstić information content (AvgIpc) is 3.00. The van der Waals surface area contributed by atoms with E-state index in [1.54, 1.807) is 49.4 Å². The van der Waals surface area contributed by atoms with E-state index in [1.807, 2.05) is 0 Å². The lowest BCUT2D eigenvalue weighted by molar-refractivity contribution is -0.384. The largest absolute Gasteiger partial charge is 0.464 e. The highest BCUT2D eigenvalue weighted by Gasteiger charge is 2.32. The van der Waals surface area contributed by atoms with Gasteiger partial charge in [0.2, 0.25) is 15.9 Å². The molecule has 0 radical (unpaired) electrons. The van der Waals surface area contributed by atoms with E-state index in [4.69, 9.17) is 18.5 Å². The van der Waals surface area contributed by atoms with Gasteiger partial charge in [-0.05, 0) is 44.2 Å². The highest BCUT2D eigenvalue weighted by molar-refractivity contribution is 7.92. The van der Waals surface area contributed by atoms with Crippen LogP contribution < -0.4 is 19.3 Å². The van der Waals surface area contributed by atoms with E-state index in [0.717, 1.165) is 24.5 Å². The van der Waals surface area contributed by atoms with Crippen LogP contribution in [0.4, 0.5) is 11.4 Å². The first-order chi connectivity index (χ1) is 22.2. The molecule has 0 heterocycles. The number of para-hydroxylation sites is 2. The van der Waals surface area contributed by atoms with Crippen molar-refractivity contribution in [3.8, 4) is 17.2 Å². The molecule has 3 rings (SSSR count). The molecule has 47 heavy (non-hydrogen) atoms. The molecule has 3 aromatic rings. The summed E-state index contributed by atoms with van der Waals surface area (Å²) in [6.07, 6.45) is -1.15. The summed E-state index contributed by atoms with van der Waals surface area (Å²) in [5.74, 6) is -1.81. The molecule has 0 aliphatic carbocycles. The van der Waals surface area contributed by atoms with Gasteiger partial charge in [-0.15, -0.1) is 0 Å². The van der Waals surface area contributed by atoms with Crippen LogP contribution in [0.15, 0.2) is 72.8 Å². The number of Topliss-reactive ketones (excluding diaryl/α,β-unsaturated/α-hetero) is 1. The lowest BCUT2D eigenvalue weighted by Crippen LogP contribution is -2.29. The summed E-state index contributed by atoms with van der Waals surface area (Å²) in [6.45, 7) is 2.91. The Balaban J connectivity index is 1.66. The predicted octanol–water partition coefficient (Wildman–Crippen LogP) is 5.08. The van der Waals surface area contributed by atoms with Crippen molar-refractivity contribution in [3.63, 3.8) is 0 Å². The molecule has 0 fully saturated rings. The number of ketones is 1. The molecule has 252 valence electrons. The maximum Gasteiger partial charge on any atom is 0.381 e. The second kappa shape index (κ2) is 16.7. The number of ether oxygens (including phenoxy) is 2. The van der Waals surface area contributed by atoms with Crippen molar-refractivity contribution in [3.05, 3.63) is 88.5 Å². The number of esters is 1. The quantitative estimate of drug-likeness (QED) is 0.0589. The van der Waals surface area contributed by atoms with Gasteiger partial charge in [0, 0.05) is 25.5 Å².